The van der Waals surface area contributed by atoms with E-state index in [4.69, 9.17) is 0 Å². The summed E-state index contributed by atoms with van der Waals surface area (Å²) in [5.74, 6) is -0.0274. The molecule has 0 aromatic heterocycles. The van der Waals surface area contributed by atoms with Gasteiger partial charge in [-0.15, -0.1) is 12.4 Å². The molecule has 3 nitrogen and oxygen atoms in total. The predicted octanol–water partition coefficient (Wildman–Crippen LogP) is 2.21. The topological polar surface area (TPSA) is 41.1 Å². The van der Waals surface area contributed by atoms with E-state index >= 15 is 0 Å². The van der Waals surface area contributed by atoms with Crippen molar-refractivity contribution in [2.24, 2.45) is 0 Å². The van der Waals surface area contributed by atoms with Crippen molar-refractivity contribution in [3.8, 4) is 0 Å². The summed E-state index contributed by atoms with van der Waals surface area (Å²) >= 11 is 3.33. The Bertz CT molecular complexity index is 316. The molecule has 1 aromatic carbocycles. The van der Waals surface area contributed by atoms with Gasteiger partial charge >= 0.3 is 0 Å². The van der Waals surface area contributed by atoms with Crippen molar-refractivity contribution < 1.29 is 4.79 Å². The Hall–Kier alpha value is -0.580. The monoisotopic (exact) mass is 306 g/mol. The van der Waals surface area contributed by atoms with Crippen molar-refractivity contribution in [2.75, 3.05) is 19.6 Å². The van der Waals surface area contributed by atoms with Gasteiger partial charge in [-0.3, -0.25) is 4.79 Å². The fourth-order valence-corrected chi connectivity index (χ4v) is 1.41. The lowest BCUT2D eigenvalue weighted by Gasteiger charge is -2.05. The molecule has 0 aliphatic rings. The Kier molecular flexibility index (Phi) is 8.25. The minimum absolute atomic E-state index is 0. The number of halogens is 2. The standard InChI is InChI=1S/C11H15BrN2O.ClH/c1-2-13-7-8-14-11(15)9-3-5-10(12)6-4-9;/h3-6,13H,2,7-8H2,1H3,(H,14,15);1H. The second-order valence-corrected chi connectivity index (χ2v) is 4.03. The highest BCUT2D eigenvalue weighted by Crippen LogP contribution is 2.10. The molecular weight excluding hydrogens is 291 g/mol. The van der Waals surface area contributed by atoms with Crippen LogP contribution in [0.4, 0.5) is 0 Å². The van der Waals surface area contributed by atoms with Crippen molar-refractivity contribution >= 4 is 34.2 Å². The van der Waals surface area contributed by atoms with Gasteiger partial charge in [0.1, 0.15) is 0 Å². The minimum Gasteiger partial charge on any atom is -0.351 e. The zero-order valence-corrected chi connectivity index (χ0v) is 11.5. The van der Waals surface area contributed by atoms with Crippen LogP contribution in [-0.4, -0.2) is 25.5 Å². The van der Waals surface area contributed by atoms with E-state index in [0.29, 0.717) is 12.1 Å². The first-order valence-corrected chi connectivity index (χ1v) is 5.78. The van der Waals surface area contributed by atoms with Crippen LogP contribution in [0.2, 0.25) is 0 Å². The number of rotatable bonds is 5. The molecule has 0 saturated heterocycles. The van der Waals surface area contributed by atoms with E-state index in [1.54, 1.807) is 12.1 Å². The molecular formula is C11H16BrClN2O. The molecule has 0 spiro atoms. The van der Waals surface area contributed by atoms with Gasteiger partial charge in [-0.05, 0) is 30.8 Å². The van der Waals surface area contributed by atoms with Gasteiger partial charge in [0.05, 0.1) is 0 Å². The summed E-state index contributed by atoms with van der Waals surface area (Å²) in [6, 6.07) is 7.32. The maximum atomic E-state index is 11.6. The zero-order chi connectivity index (χ0) is 11.1. The molecule has 1 aromatic rings. The Morgan fingerprint density at radius 1 is 1.25 bits per heavy atom. The molecule has 0 radical (unpaired) electrons. The van der Waals surface area contributed by atoms with Crippen LogP contribution in [-0.2, 0) is 0 Å². The lowest BCUT2D eigenvalue weighted by Crippen LogP contribution is -2.31. The number of carbonyl (C=O) groups is 1. The highest BCUT2D eigenvalue weighted by Gasteiger charge is 2.03. The summed E-state index contributed by atoms with van der Waals surface area (Å²) in [5.41, 5.74) is 0.690. The quantitative estimate of drug-likeness (QED) is 0.819. The van der Waals surface area contributed by atoms with Gasteiger partial charge in [-0.1, -0.05) is 22.9 Å². The lowest BCUT2D eigenvalue weighted by atomic mass is 10.2. The number of hydrogen-bond donors (Lipinski definition) is 2. The summed E-state index contributed by atoms with van der Waals surface area (Å²) < 4.78 is 0.978. The molecule has 16 heavy (non-hydrogen) atoms. The van der Waals surface area contributed by atoms with Crippen molar-refractivity contribution in [2.45, 2.75) is 6.92 Å². The van der Waals surface area contributed by atoms with Gasteiger partial charge < -0.3 is 10.6 Å². The number of amides is 1. The highest BCUT2D eigenvalue weighted by molar-refractivity contribution is 9.10. The molecule has 5 heteroatoms. The maximum Gasteiger partial charge on any atom is 0.251 e. The van der Waals surface area contributed by atoms with Crippen molar-refractivity contribution in [1.82, 2.24) is 10.6 Å². The van der Waals surface area contributed by atoms with E-state index in [1.807, 2.05) is 19.1 Å². The van der Waals surface area contributed by atoms with E-state index in [-0.39, 0.29) is 18.3 Å². The molecule has 0 aliphatic carbocycles. The van der Waals surface area contributed by atoms with Gasteiger partial charge in [0.2, 0.25) is 0 Å². The average Bonchev–Trinajstić information content (AvgIpc) is 2.25. The Labute approximate surface area is 111 Å². The van der Waals surface area contributed by atoms with E-state index < -0.39 is 0 Å². The number of hydrogen-bond acceptors (Lipinski definition) is 2. The van der Waals surface area contributed by atoms with E-state index in [9.17, 15) is 4.79 Å². The first kappa shape index (κ1) is 15.4. The van der Waals surface area contributed by atoms with Gasteiger partial charge in [0, 0.05) is 23.1 Å². The van der Waals surface area contributed by atoms with Gasteiger partial charge in [-0.2, -0.15) is 0 Å². The molecule has 0 atom stereocenters. The fraction of sp³-hybridized carbons (Fsp3) is 0.364. The number of carbonyl (C=O) groups excluding carboxylic acids is 1. The molecule has 0 saturated carbocycles. The smallest absolute Gasteiger partial charge is 0.251 e. The van der Waals surface area contributed by atoms with Crippen LogP contribution < -0.4 is 10.6 Å². The average molecular weight is 308 g/mol. The Balaban J connectivity index is 0.00000225. The normalized spacial score (nSPS) is 9.38. The molecule has 0 aliphatic heterocycles. The van der Waals surface area contributed by atoms with Crippen molar-refractivity contribution in [3.05, 3.63) is 34.3 Å². The van der Waals surface area contributed by atoms with Crippen LogP contribution in [0.3, 0.4) is 0 Å². The summed E-state index contributed by atoms with van der Waals surface area (Å²) in [6.45, 7) is 4.42. The minimum atomic E-state index is -0.0274. The van der Waals surface area contributed by atoms with Crippen LogP contribution >= 0.6 is 28.3 Å². The lowest BCUT2D eigenvalue weighted by molar-refractivity contribution is 0.0954. The SMILES string of the molecule is CCNCCNC(=O)c1ccc(Br)cc1.Cl. The summed E-state index contributed by atoms with van der Waals surface area (Å²) in [4.78, 5) is 11.6. The number of nitrogens with one attached hydrogen (secondary N) is 2. The number of benzene rings is 1. The first-order chi connectivity index (χ1) is 7.24. The van der Waals surface area contributed by atoms with Gasteiger partial charge in [0.25, 0.3) is 5.91 Å². The maximum absolute atomic E-state index is 11.6. The second kappa shape index (κ2) is 8.56. The van der Waals surface area contributed by atoms with Crippen LogP contribution in [0.5, 0.6) is 0 Å². The van der Waals surface area contributed by atoms with E-state index in [0.717, 1.165) is 17.6 Å². The van der Waals surface area contributed by atoms with Crippen LogP contribution in [0.25, 0.3) is 0 Å². The van der Waals surface area contributed by atoms with Crippen molar-refractivity contribution in [1.29, 1.82) is 0 Å². The first-order valence-electron chi connectivity index (χ1n) is 4.98. The van der Waals surface area contributed by atoms with Crippen molar-refractivity contribution in [3.63, 3.8) is 0 Å². The molecule has 0 fully saturated rings. The largest absolute Gasteiger partial charge is 0.351 e. The number of likely N-dealkylation sites (N-methyl/N-ethyl adjacent to an activating group) is 1. The summed E-state index contributed by atoms with van der Waals surface area (Å²) in [7, 11) is 0. The van der Waals surface area contributed by atoms with E-state index in [2.05, 4.69) is 26.6 Å². The third kappa shape index (κ3) is 5.49. The molecule has 2 N–H and O–H groups in total. The Morgan fingerprint density at radius 2 is 1.88 bits per heavy atom. The molecule has 0 bridgehead atoms. The molecule has 90 valence electrons. The third-order valence-electron chi connectivity index (χ3n) is 1.94. The summed E-state index contributed by atoms with van der Waals surface area (Å²) in [6.07, 6.45) is 0. The van der Waals surface area contributed by atoms with Crippen LogP contribution in [0.1, 0.15) is 17.3 Å². The molecule has 0 heterocycles. The van der Waals surface area contributed by atoms with Gasteiger partial charge in [0.15, 0.2) is 0 Å². The fourth-order valence-electron chi connectivity index (χ4n) is 1.14. The molecule has 0 unspecified atom stereocenters. The van der Waals surface area contributed by atoms with E-state index in [1.165, 1.54) is 0 Å². The Morgan fingerprint density at radius 3 is 2.44 bits per heavy atom. The zero-order valence-electron chi connectivity index (χ0n) is 9.13. The van der Waals surface area contributed by atoms with Crippen LogP contribution in [0.15, 0.2) is 28.7 Å². The predicted molar refractivity (Wildman–Crippen MR) is 72.3 cm³/mol. The highest BCUT2D eigenvalue weighted by atomic mass is 79.9. The second-order valence-electron chi connectivity index (χ2n) is 3.12. The molecule has 1 amide bonds. The van der Waals surface area contributed by atoms with Crippen LogP contribution in [0, 0.1) is 0 Å². The summed E-state index contributed by atoms with van der Waals surface area (Å²) in [5, 5.41) is 5.98. The molecule has 1 rings (SSSR count). The third-order valence-corrected chi connectivity index (χ3v) is 2.47. The van der Waals surface area contributed by atoms with Gasteiger partial charge in [-0.25, -0.2) is 0 Å².